The van der Waals surface area contributed by atoms with Crippen LogP contribution in [0, 0.1) is 19.8 Å². The maximum Gasteiger partial charge on any atom is 0.256 e. The molecule has 0 aromatic carbocycles. The number of nitrogens with zero attached hydrogens (tertiary/aromatic N) is 3. The van der Waals surface area contributed by atoms with E-state index in [1.165, 1.54) is 0 Å². The number of hydrogen-bond acceptors (Lipinski definition) is 4. The maximum absolute atomic E-state index is 12.3. The van der Waals surface area contributed by atoms with Crippen LogP contribution in [0.1, 0.15) is 43.4 Å². The zero-order chi connectivity index (χ0) is 15.7. The van der Waals surface area contributed by atoms with Gasteiger partial charge in [-0.05, 0) is 65.0 Å². The molecule has 1 aromatic heterocycles. The lowest BCUT2D eigenvalue weighted by Gasteiger charge is -2.37. The smallest absolute Gasteiger partial charge is 0.256 e. The van der Waals surface area contributed by atoms with Crippen LogP contribution >= 0.6 is 0 Å². The first-order valence-electron chi connectivity index (χ1n) is 8.51. The van der Waals surface area contributed by atoms with Gasteiger partial charge in [-0.1, -0.05) is 0 Å². The van der Waals surface area contributed by atoms with Crippen molar-refractivity contribution in [3.63, 3.8) is 0 Å². The largest absolute Gasteiger partial charge is 0.391 e. The third-order valence-corrected chi connectivity index (χ3v) is 5.53. The third kappa shape index (κ3) is 3.10. The Kier molecular flexibility index (Phi) is 4.64. The number of aliphatic hydroxyl groups is 1. The number of rotatable bonds is 3. The summed E-state index contributed by atoms with van der Waals surface area (Å²) < 4.78 is 1.77. The molecule has 1 saturated heterocycles. The molecule has 1 aliphatic heterocycles. The Labute approximate surface area is 132 Å². The Hall–Kier alpha value is -1.20. The van der Waals surface area contributed by atoms with E-state index in [0.717, 1.165) is 63.0 Å². The predicted octanol–water partition coefficient (Wildman–Crippen LogP) is 1.49. The lowest BCUT2D eigenvalue weighted by atomic mass is 9.95. The molecular weight excluding hydrogens is 278 g/mol. The molecule has 1 N–H and O–H groups in total. The second-order valence-corrected chi connectivity index (χ2v) is 6.96. The highest BCUT2D eigenvalue weighted by Crippen LogP contribution is 2.28. The van der Waals surface area contributed by atoms with E-state index in [4.69, 9.17) is 0 Å². The van der Waals surface area contributed by atoms with Crippen molar-refractivity contribution in [2.24, 2.45) is 5.92 Å². The standard InChI is InChI=1S/C17H27N3O2/c1-12-13(2)18-11-20(17(12)22)10-14-6-8-19(9-7-14)15-4-3-5-16(15)21/h11,14-16,21H,3-10H2,1-2H3. The van der Waals surface area contributed by atoms with Crippen molar-refractivity contribution in [3.05, 3.63) is 27.9 Å². The third-order valence-electron chi connectivity index (χ3n) is 5.53. The maximum atomic E-state index is 12.3. The molecule has 22 heavy (non-hydrogen) atoms. The van der Waals surface area contributed by atoms with Crippen molar-refractivity contribution in [1.82, 2.24) is 14.5 Å². The molecule has 1 saturated carbocycles. The van der Waals surface area contributed by atoms with Gasteiger partial charge in [-0.2, -0.15) is 0 Å². The summed E-state index contributed by atoms with van der Waals surface area (Å²) in [6.45, 7) is 6.59. The molecule has 1 aliphatic carbocycles. The number of hydrogen-bond donors (Lipinski definition) is 1. The monoisotopic (exact) mass is 305 g/mol. The van der Waals surface area contributed by atoms with Crippen molar-refractivity contribution in [2.75, 3.05) is 13.1 Å². The van der Waals surface area contributed by atoms with Crippen LogP contribution in [0.4, 0.5) is 0 Å². The zero-order valence-corrected chi connectivity index (χ0v) is 13.7. The number of aromatic nitrogens is 2. The molecule has 122 valence electrons. The van der Waals surface area contributed by atoms with Crippen molar-refractivity contribution in [2.45, 2.75) is 64.6 Å². The first-order valence-corrected chi connectivity index (χ1v) is 8.51. The van der Waals surface area contributed by atoms with E-state index in [2.05, 4.69) is 9.88 Å². The van der Waals surface area contributed by atoms with Crippen LogP contribution in [-0.2, 0) is 6.54 Å². The van der Waals surface area contributed by atoms with Gasteiger partial charge < -0.3 is 5.11 Å². The van der Waals surface area contributed by atoms with E-state index >= 15 is 0 Å². The molecule has 0 amide bonds. The summed E-state index contributed by atoms with van der Waals surface area (Å²) >= 11 is 0. The number of piperidine rings is 1. The van der Waals surface area contributed by atoms with Gasteiger partial charge in [0.1, 0.15) is 0 Å². The summed E-state index contributed by atoms with van der Waals surface area (Å²) in [6.07, 6.45) is 6.99. The first kappa shape index (κ1) is 15.7. The average Bonchev–Trinajstić information content (AvgIpc) is 2.95. The van der Waals surface area contributed by atoms with E-state index in [1.54, 1.807) is 10.9 Å². The zero-order valence-electron chi connectivity index (χ0n) is 13.7. The van der Waals surface area contributed by atoms with Crippen LogP contribution in [0.25, 0.3) is 0 Å². The van der Waals surface area contributed by atoms with Crippen molar-refractivity contribution in [1.29, 1.82) is 0 Å². The minimum Gasteiger partial charge on any atom is -0.391 e. The normalized spacial score (nSPS) is 27.4. The minimum atomic E-state index is -0.136. The number of likely N-dealkylation sites (tertiary alicyclic amines) is 1. The van der Waals surface area contributed by atoms with Crippen LogP contribution in [0.15, 0.2) is 11.1 Å². The van der Waals surface area contributed by atoms with E-state index in [9.17, 15) is 9.90 Å². The highest BCUT2D eigenvalue weighted by molar-refractivity contribution is 5.12. The first-order chi connectivity index (χ1) is 10.6. The molecule has 2 aliphatic rings. The second kappa shape index (κ2) is 6.50. The Morgan fingerprint density at radius 2 is 1.95 bits per heavy atom. The van der Waals surface area contributed by atoms with Gasteiger partial charge in [0, 0.05) is 23.8 Å². The van der Waals surface area contributed by atoms with Crippen molar-refractivity contribution < 1.29 is 5.11 Å². The fourth-order valence-corrected chi connectivity index (χ4v) is 3.90. The Balaban J connectivity index is 1.58. The average molecular weight is 305 g/mol. The Morgan fingerprint density at radius 1 is 1.23 bits per heavy atom. The number of aliphatic hydroxyl groups excluding tert-OH is 1. The van der Waals surface area contributed by atoms with Crippen LogP contribution in [0.5, 0.6) is 0 Å². The highest BCUT2D eigenvalue weighted by atomic mass is 16.3. The molecule has 0 spiro atoms. The van der Waals surface area contributed by atoms with Crippen LogP contribution < -0.4 is 5.56 Å². The van der Waals surface area contributed by atoms with Crippen LogP contribution in [0.3, 0.4) is 0 Å². The van der Waals surface area contributed by atoms with Gasteiger partial charge in [-0.15, -0.1) is 0 Å². The molecule has 5 heteroatoms. The summed E-state index contributed by atoms with van der Waals surface area (Å²) in [7, 11) is 0. The summed E-state index contributed by atoms with van der Waals surface area (Å²) in [4.78, 5) is 19.0. The Morgan fingerprint density at radius 3 is 2.59 bits per heavy atom. The fourth-order valence-electron chi connectivity index (χ4n) is 3.90. The SMILES string of the molecule is Cc1ncn(CC2CCN(C3CCCC3O)CC2)c(=O)c1C. The van der Waals surface area contributed by atoms with Crippen molar-refractivity contribution in [3.8, 4) is 0 Å². The highest BCUT2D eigenvalue weighted by Gasteiger charge is 2.33. The topological polar surface area (TPSA) is 58.4 Å². The van der Waals surface area contributed by atoms with E-state index < -0.39 is 0 Å². The summed E-state index contributed by atoms with van der Waals surface area (Å²) in [5.41, 5.74) is 1.68. The quantitative estimate of drug-likeness (QED) is 0.919. The van der Waals surface area contributed by atoms with Gasteiger partial charge in [0.05, 0.1) is 12.4 Å². The molecule has 1 aromatic rings. The minimum absolute atomic E-state index is 0.0983. The molecule has 0 bridgehead atoms. The van der Waals surface area contributed by atoms with Gasteiger partial charge in [-0.3, -0.25) is 14.3 Å². The lowest BCUT2D eigenvalue weighted by Crippen LogP contribution is -2.45. The van der Waals surface area contributed by atoms with Crippen LogP contribution in [0.2, 0.25) is 0 Å². The van der Waals surface area contributed by atoms with Crippen LogP contribution in [-0.4, -0.2) is 44.8 Å². The summed E-state index contributed by atoms with van der Waals surface area (Å²) in [5.74, 6) is 0.538. The second-order valence-electron chi connectivity index (χ2n) is 6.96. The van der Waals surface area contributed by atoms with Gasteiger partial charge >= 0.3 is 0 Å². The Bertz CT molecular complexity index is 576. The number of aryl methyl sites for hydroxylation is 1. The molecule has 2 atom stereocenters. The molecule has 0 radical (unpaired) electrons. The van der Waals surface area contributed by atoms with Gasteiger partial charge in [0.2, 0.25) is 0 Å². The predicted molar refractivity (Wildman–Crippen MR) is 85.9 cm³/mol. The van der Waals surface area contributed by atoms with E-state index in [1.807, 2.05) is 13.8 Å². The molecule has 2 unspecified atom stereocenters. The van der Waals surface area contributed by atoms with Gasteiger partial charge in [0.25, 0.3) is 5.56 Å². The molecule has 3 rings (SSSR count). The van der Waals surface area contributed by atoms with Gasteiger partial charge in [-0.25, -0.2) is 4.98 Å². The fraction of sp³-hybridized carbons (Fsp3) is 0.765. The molecule has 2 fully saturated rings. The van der Waals surface area contributed by atoms with E-state index in [0.29, 0.717) is 12.0 Å². The van der Waals surface area contributed by atoms with Gasteiger partial charge in [0.15, 0.2) is 0 Å². The van der Waals surface area contributed by atoms with Crippen molar-refractivity contribution >= 4 is 0 Å². The molecule has 5 nitrogen and oxygen atoms in total. The summed E-state index contributed by atoms with van der Waals surface area (Å²) in [6, 6.07) is 0.368. The lowest BCUT2D eigenvalue weighted by molar-refractivity contribution is 0.0460. The molecule has 2 heterocycles. The summed E-state index contributed by atoms with van der Waals surface area (Å²) in [5, 5.41) is 10.0. The van der Waals surface area contributed by atoms with E-state index in [-0.39, 0.29) is 11.7 Å². The molecular formula is C17H27N3O2.